The second kappa shape index (κ2) is 6.96. The Labute approximate surface area is 113 Å². The Bertz CT molecular complexity index is 374. The Morgan fingerprint density at radius 1 is 1.21 bits per heavy atom. The summed E-state index contributed by atoms with van der Waals surface area (Å²) < 4.78 is 30.2. The van der Waals surface area contributed by atoms with Crippen molar-refractivity contribution in [2.24, 2.45) is 5.92 Å². The zero-order valence-corrected chi connectivity index (χ0v) is 11.2. The van der Waals surface area contributed by atoms with Crippen molar-refractivity contribution in [2.75, 3.05) is 13.2 Å². The Kier molecular flexibility index (Phi) is 5.28. The number of hydrogen-bond donors (Lipinski definition) is 1. The van der Waals surface area contributed by atoms with Gasteiger partial charge in [-0.25, -0.2) is 8.78 Å². The van der Waals surface area contributed by atoms with Gasteiger partial charge in [0.05, 0.1) is 0 Å². The van der Waals surface area contributed by atoms with Crippen LogP contribution < -0.4 is 5.32 Å². The van der Waals surface area contributed by atoms with Gasteiger partial charge in [0, 0.05) is 31.4 Å². The summed E-state index contributed by atoms with van der Waals surface area (Å²) in [6.45, 7) is 4.60. The van der Waals surface area contributed by atoms with Crippen LogP contribution in [0, 0.1) is 5.92 Å². The summed E-state index contributed by atoms with van der Waals surface area (Å²) in [4.78, 5) is 0. The molecule has 1 atom stereocenters. The first-order chi connectivity index (χ1) is 9.16. The number of nitrogens with one attached hydrogen (secondary N) is 1. The number of hydrogen-bond acceptors (Lipinski definition) is 2. The van der Waals surface area contributed by atoms with E-state index in [1.807, 2.05) is 0 Å². The highest BCUT2D eigenvalue weighted by molar-refractivity contribution is 5.23. The molecule has 1 aromatic rings. The molecule has 0 spiro atoms. The lowest BCUT2D eigenvalue weighted by Crippen LogP contribution is -2.36. The van der Waals surface area contributed by atoms with Crippen LogP contribution in [0.15, 0.2) is 24.3 Å². The maximum atomic E-state index is 12.4. The summed E-state index contributed by atoms with van der Waals surface area (Å²) in [5.74, 6) is 0.647. The van der Waals surface area contributed by atoms with Gasteiger partial charge in [0.25, 0.3) is 6.43 Å². The smallest absolute Gasteiger partial charge is 0.263 e. The van der Waals surface area contributed by atoms with Gasteiger partial charge in [-0.05, 0) is 31.2 Å². The molecule has 1 aliphatic rings. The number of benzene rings is 1. The molecule has 1 aliphatic heterocycles. The minimum atomic E-state index is -2.39. The van der Waals surface area contributed by atoms with Crippen molar-refractivity contribution in [3.8, 4) is 0 Å². The van der Waals surface area contributed by atoms with Crippen molar-refractivity contribution in [1.82, 2.24) is 5.32 Å². The van der Waals surface area contributed by atoms with Crippen LogP contribution in [0.2, 0.25) is 0 Å². The van der Waals surface area contributed by atoms with Gasteiger partial charge in [-0.15, -0.1) is 0 Å². The molecule has 1 heterocycles. The third-order valence-corrected chi connectivity index (χ3v) is 3.83. The second-order valence-electron chi connectivity index (χ2n) is 5.16. The fraction of sp³-hybridized carbons (Fsp3) is 0.600. The second-order valence-corrected chi connectivity index (χ2v) is 5.16. The van der Waals surface area contributed by atoms with E-state index in [2.05, 4.69) is 12.2 Å². The predicted octanol–water partition coefficient (Wildman–Crippen LogP) is 3.53. The molecule has 0 aromatic heterocycles. The van der Waals surface area contributed by atoms with Crippen molar-refractivity contribution >= 4 is 0 Å². The van der Waals surface area contributed by atoms with Crippen molar-refractivity contribution in [3.63, 3.8) is 0 Å². The van der Waals surface area contributed by atoms with Gasteiger partial charge in [0.15, 0.2) is 0 Å². The fourth-order valence-electron chi connectivity index (χ4n) is 2.44. The molecule has 1 saturated heterocycles. The van der Waals surface area contributed by atoms with Crippen LogP contribution in [-0.4, -0.2) is 19.3 Å². The standard InChI is InChI=1S/C15H21F2NO/c1-11(13-6-8-19-9-7-13)18-10-12-2-4-14(5-3-12)15(16)17/h2-5,11,13,15,18H,6-10H2,1H3. The lowest BCUT2D eigenvalue weighted by atomic mass is 9.93. The van der Waals surface area contributed by atoms with E-state index in [9.17, 15) is 8.78 Å². The van der Waals surface area contributed by atoms with Crippen molar-refractivity contribution in [2.45, 2.75) is 38.8 Å². The van der Waals surface area contributed by atoms with Gasteiger partial charge in [-0.2, -0.15) is 0 Å². The van der Waals surface area contributed by atoms with E-state index in [4.69, 9.17) is 4.74 Å². The normalized spacial score (nSPS) is 18.7. The van der Waals surface area contributed by atoms with Gasteiger partial charge in [-0.3, -0.25) is 0 Å². The van der Waals surface area contributed by atoms with E-state index < -0.39 is 6.43 Å². The van der Waals surface area contributed by atoms with Crippen molar-refractivity contribution in [3.05, 3.63) is 35.4 Å². The molecule has 106 valence electrons. The van der Waals surface area contributed by atoms with Crippen LogP contribution in [-0.2, 0) is 11.3 Å². The van der Waals surface area contributed by atoms with Crippen molar-refractivity contribution in [1.29, 1.82) is 0 Å². The SMILES string of the molecule is CC(NCc1ccc(C(F)F)cc1)C1CCOCC1. The van der Waals surface area contributed by atoms with Gasteiger partial charge in [0.2, 0.25) is 0 Å². The highest BCUT2D eigenvalue weighted by atomic mass is 19.3. The highest BCUT2D eigenvalue weighted by Gasteiger charge is 2.19. The molecular formula is C15H21F2NO. The average molecular weight is 269 g/mol. The molecule has 0 saturated carbocycles. The van der Waals surface area contributed by atoms with E-state index in [0.717, 1.165) is 38.2 Å². The van der Waals surface area contributed by atoms with Gasteiger partial charge < -0.3 is 10.1 Å². The molecule has 0 aliphatic carbocycles. The van der Waals surface area contributed by atoms with Crippen LogP contribution in [0.5, 0.6) is 0 Å². The number of alkyl halides is 2. The third-order valence-electron chi connectivity index (χ3n) is 3.83. The highest BCUT2D eigenvalue weighted by Crippen LogP contribution is 2.20. The molecule has 1 unspecified atom stereocenters. The number of halogens is 2. The maximum Gasteiger partial charge on any atom is 0.263 e. The summed E-state index contributed by atoms with van der Waals surface area (Å²) in [5, 5.41) is 3.47. The van der Waals surface area contributed by atoms with Crippen LogP contribution >= 0.6 is 0 Å². The summed E-state index contributed by atoms with van der Waals surface area (Å²) >= 11 is 0. The summed E-state index contributed by atoms with van der Waals surface area (Å²) in [5.41, 5.74) is 1.13. The Morgan fingerprint density at radius 3 is 2.42 bits per heavy atom. The summed E-state index contributed by atoms with van der Waals surface area (Å²) in [7, 11) is 0. The Balaban J connectivity index is 1.80. The molecule has 0 radical (unpaired) electrons. The lowest BCUT2D eigenvalue weighted by Gasteiger charge is -2.28. The van der Waals surface area contributed by atoms with Gasteiger partial charge in [-0.1, -0.05) is 24.3 Å². The topological polar surface area (TPSA) is 21.3 Å². The first-order valence-electron chi connectivity index (χ1n) is 6.85. The lowest BCUT2D eigenvalue weighted by molar-refractivity contribution is 0.0558. The molecule has 2 nitrogen and oxygen atoms in total. The fourth-order valence-corrected chi connectivity index (χ4v) is 2.44. The van der Waals surface area contributed by atoms with E-state index >= 15 is 0 Å². The van der Waals surface area contributed by atoms with E-state index in [1.165, 1.54) is 12.1 Å². The minimum Gasteiger partial charge on any atom is -0.381 e. The summed E-state index contributed by atoms with van der Waals surface area (Å²) in [6.07, 6.45) is -0.195. The molecule has 4 heteroatoms. The first-order valence-corrected chi connectivity index (χ1v) is 6.85. The molecule has 1 N–H and O–H groups in total. The van der Waals surface area contributed by atoms with E-state index in [-0.39, 0.29) is 5.56 Å². The molecular weight excluding hydrogens is 248 g/mol. The van der Waals surface area contributed by atoms with Gasteiger partial charge in [0.1, 0.15) is 0 Å². The molecule has 2 rings (SSSR count). The third kappa shape index (κ3) is 4.25. The summed E-state index contributed by atoms with van der Waals surface area (Å²) in [6, 6.07) is 6.97. The maximum absolute atomic E-state index is 12.4. The first kappa shape index (κ1) is 14.4. The average Bonchev–Trinajstić information content (AvgIpc) is 2.46. The Hall–Kier alpha value is -1.00. The zero-order chi connectivity index (χ0) is 13.7. The number of rotatable bonds is 5. The zero-order valence-electron chi connectivity index (χ0n) is 11.2. The minimum absolute atomic E-state index is 0.0845. The van der Waals surface area contributed by atoms with E-state index in [0.29, 0.717) is 12.0 Å². The molecule has 1 aromatic carbocycles. The Morgan fingerprint density at radius 2 is 1.84 bits per heavy atom. The molecule has 1 fully saturated rings. The van der Waals surface area contributed by atoms with Crippen LogP contribution in [0.4, 0.5) is 8.78 Å². The largest absolute Gasteiger partial charge is 0.381 e. The monoisotopic (exact) mass is 269 g/mol. The van der Waals surface area contributed by atoms with Crippen molar-refractivity contribution < 1.29 is 13.5 Å². The number of ether oxygens (including phenoxy) is 1. The van der Waals surface area contributed by atoms with Crippen LogP contribution in [0.25, 0.3) is 0 Å². The quantitative estimate of drug-likeness (QED) is 0.883. The van der Waals surface area contributed by atoms with E-state index in [1.54, 1.807) is 12.1 Å². The van der Waals surface area contributed by atoms with Gasteiger partial charge >= 0.3 is 0 Å². The molecule has 19 heavy (non-hydrogen) atoms. The molecule has 0 bridgehead atoms. The van der Waals surface area contributed by atoms with Crippen LogP contribution in [0.3, 0.4) is 0 Å². The van der Waals surface area contributed by atoms with Crippen LogP contribution in [0.1, 0.15) is 37.3 Å². The predicted molar refractivity (Wildman–Crippen MR) is 71.2 cm³/mol. The molecule has 0 amide bonds.